The zero-order valence-electron chi connectivity index (χ0n) is 17.2. The van der Waals surface area contributed by atoms with E-state index in [1.807, 2.05) is 30.3 Å². The first-order chi connectivity index (χ1) is 13.9. The van der Waals surface area contributed by atoms with E-state index in [4.69, 9.17) is 14.2 Å². The number of rotatable bonds is 7. The summed E-state index contributed by atoms with van der Waals surface area (Å²) in [5.41, 5.74) is 0.856. The summed E-state index contributed by atoms with van der Waals surface area (Å²) in [5, 5.41) is 0. The van der Waals surface area contributed by atoms with Gasteiger partial charge in [-0.3, -0.25) is 0 Å². The lowest BCUT2D eigenvalue weighted by atomic mass is 10.1. The van der Waals surface area contributed by atoms with Gasteiger partial charge in [0.1, 0.15) is 0 Å². The summed E-state index contributed by atoms with van der Waals surface area (Å²) in [7, 11) is 4.50. The van der Waals surface area contributed by atoms with Gasteiger partial charge in [0, 0.05) is 46.7 Å². The molecule has 0 saturated carbocycles. The Morgan fingerprint density at radius 1 is 1.07 bits per heavy atom. The van der Waals surface area contributed by atoms with Gasteiger partial charge in [0.15, 0.2) is 0 Å². The molecule has 9 heteroatoms. The smallest absolute Gasteiger partial charge is 0.410 e. The van der Waals surface area contributed by atoms with E-state index in [0.717, 1.165) is 5.56 Å². The van der Waals surface area contributed by atoms with Crippen molar-refractivity contribution in [2.75, 3.05) is 60.6 Å². The highest BCUT2D eigenvalue weighted by Crippen LogP contribution is 2.09. The van der Waals surface area contributed by atoms with Crippen LogP contribution in [-0.4, -0.2) is 99.5 Å². The van der Waals surface area contributed by atoms with Crippen LogP contribution in [-0.2, 0) is 25.4 Å². The summed E-state index contributed by atoms with van der Waals surface area (Å²) in [6.45, 7) is 2.78. The topological polar surface area (TPSA) is 88.6 Å². The molecule has 3 amide bonds. The standard InChI is InChI=1S/C20H29N3O6/c1-21(19(25)23-11-13-28-14-12-23)9-10-22(2)20(26)29-17(18(24)27-3)15-16-7-5-4-6-8-16/h4-8,17H,9-15H2,1-3H3. The molecule has 1 aromatic carbocycles. The van der Waals surface area contributed by atoms with Crippen LogP contribution in [0.2, 0.25) is 0 Å². The SMILES string of the molecule is COC(=O)C(Cc1ccccc1)OC(=O)N(C)CCN(C)C(=O)N1CCOCC1. The molecule has 29 heavy (non-hydrogen) atoms. The molecule has 1 fully saturated rings. The van der Waals surface area contributed by atoms with Crippen molar-refractivity contribution in [1.29, 1.82) is 0 Å². The van der Waals surface area contributed by atoms with Crippen LogP contribution < -0.4 is 0 Å². The lowest BCUT2D eigenvalue weighted by Gasteiger charge is -2.31. The fourth-order valence-corrected chi connectivity index (χ4v) is 2.83. The van der Waals surface area contributed by atoms with Crippen molar-refractivity contribution in [2.24, 2.45) is 0 Å². The largest absolute Gasteiger partial charge is 0.466 e. The highest BCUT2D eigenvalue weighted by atomic mass is 16.6. The number of amides is 3. The number of carbonyl (C=O) groups excluding carboxylic acids is 3. The number of methoxy groups -OCH3 is 1. The Morgan fingerprint density at radius 3 is 2.31 bits per heavy atom. The molecule has 1 heterocycles. The number of hydrogen-bond donors (Lipinski definition) is 0. The van der Waals surface area contributed by atoms with Crippen molar-refractivity contribution in [3.8, 4) is 0 Å². The fraction of sp³-hybridized carbons (Fsp3) is 0.550. The molecule has 1 atom stereocenters. The van der Waals surface area contributed by atoms with E-state index in [2.05, 4.69) is 0 Å². The number of nitrogens with zero attached hydrogens (tertiary/aromatic N) is 3. The molecule has 1 aliphatic heterocycles. The van der Waals surface area contributed by atoms with E-state index in [-0.39, 0.29) is 19.0 Å². The van der Waals surface area contributed by atoms with Crippen molar-refractivity contribution in [3.05, 3.63) is 35.9 Å². The number of likely N-dealkylation sites (N-methyl/N-ethyl adjacent to an activating group) is 2. The van der Waals surface area contributed by atoms with Gasteiger partial charge in [-0.2, -0.15) is 0 Å². The zero-order chi connectivity index (χ0) is 21.2. The molecule has 1 aromatic rings. The summed E-state index contributed by atoms with van der Waals surface area (Å²) < 4.78 is 15.4. The van der Waals surface area contributed by atoms with Crippen molar-refractivity contribution in [2.45, 2.75) is 12.5 Å². The summed E-state index contributed by atoms with van der Waals surface area (Å²) in [5.74, 6) is -0.616. The number of benzene rings is 1. The van der Waals surface area contributed by atoms with Crippen LogP contribution >= 0.6 is 0 Å². The fourth-order valence-electron chi connectivity index (χ4n) is 2.83. The molecule has 0 bridgehead atoms. The van der Waals surface area contributed by atoms with E-state index >= 15 is 0 Å². The number of carbonyl (C=O) groups is 3. The van der Waals surface area contributed by atoms with Gasteiger partial charge >= 0.3 is 18.1 Å². The van der Waals surface area contributed by atoms with Crippen molar-refractivity contribution >= 4 is 18.1 Å². The van der Waals surface area contributed by atoms with Crippen molar-refractivity contribution in [3.63, 3.8) is 0 Å². The summed E-state index contributed by atoms with van der Waals surface area (Å²) >= 11 is 0. The minimum absolute atomic E-state index is 0.105. The van der Waals surface area contributed by atoms with Crippen LogP contribution in [0.3, 0.4) is 0 Å². The zero-order valence-corrected chi connectivity index (χ0v) is 17.2. The lowest BCUT2D eigenvalue weighted by Crippen LogP contribution is -2.48. The number of urea groups is 1. The molecule has 0 aromatic heterocycles. The molecular weight excluding hydrogens is 378 g/mol. The maximum Gasteiger partial charge on any atom is 0.410 e. The summed E-state index contributed by atoms with van der Waals surface area (Å²) in [6.07, 6.45) is -1.46. The molecule has 0 aliphatic carbocycles. The molecule has 1 aliphatic rings. The first-order valence-corrected chi connectivity index (χ1v) is 9.53. The number of ether oxygens (including phenoxy) is 3. The van der Waals surface area contributed by atoms with E-state index < -0.39 is 18.2 Å². The molecular formula is C20H29N3O6. The Balaban J connectivity index is 1.85. The molecule has 9 nitrogen and oxygen atoms in total. The molecule has 1 unspecified atom stereocenters. The van der Waals surface area contributed by atoms with Crippen molar-refractivity contribution < 1.29 is 28.6 Å². The van der Waals surface area contributed by atoms with Gasteiger partial charge in [-0.25, -0.2) is 14.4 Å². The predicted octanol–water partition coefficient (Wildman–Crippen LogP) is 1.22. The van der Waals surface area contributed by atoms with E-state index in [1.165, 1.54) is 12.0 Å². The van der Waals surface area contributed by atoms with Gasteiger partial charge in [-0.05, 0) is 5.56 Å². The first-order valence-electron chi connectivity index (χ1n) is 9.53. The maximum absolute atomic E-state index is 12.4. The number of esters is 1. The molecule has 1 saturated heterocycles. The summed E-state index contributed by atoms with van der Waals surface area (Å²) in [4.78, 5) is 41.4. The van der Waals surface area contributed by atoms with Gasteiger partial charge in [0.25, 0.3) is 0 Å². The van der Waals surface area contributed by atoms with E-state index in [1.54, 1.807) is 23.9 Å². The highest BCUT2D eigenvalue weighted by molar-refractivity contribution is 5.79. The van der Waals surface area contributed by atoms with Crippen LogP contribution in [0.15, 0.2) is 30.3 Å². The molecule has 0 radical (unpaired) electrons. The Morgan fingerprint density at radius 2 is 1.69 bits per heavy atom. The minimum atomic E-state index is -1.04. The highest BCUT2D eigenvalue weighted by Gasteiger charge is 2.26. The van der Waals surface area contributed by atoms with Crippen LogP contribution in [0.1, 0.15) is 5.56 Å². The van der Waals surface area contributed by atoms with Gasteiger partial charge in [-0.1, -0.05) is 30.3 Å². The molecule has 0 spiro atoms. The monoisotopic (exact) mass is 407 g/mol. The average Bonchev–Trinajstić information content (AvgIpc) is 2.76. The van der Waals surface area contributed by atoms with E-state index in [0.29, 0.717) is 32.8 Å². The van der Waals surface area contributed by atoms with Crippen LogP contribution in [0.25, 0.3) is 0 Å². The van der Waals surface area contributed by atoms with Crippen LogP contribution in [0.4, 0.5) is 9.59 Å². The van der Waals surface area contributed by atoms with Crippen LogP contribution in [0.5, 0.6) is 0 Å². The van der Waals surface area contributed by atoms with Gasteiger partial charge in [0.2, 0.25) is 6.10 Å². The average molecular weight is 407 g/mol. The number of hydrogen-bond acceptors (Lipinski definition) is 6. The normalized spacial score (nSPS) is 14.7. The lowest BCUT2D eigenvalue weighted by molar-refractivity contribution is -0.150. The minimum Gasteiger partial charge on any atom is -0.466 e. The Bertz CT molecular complexity index is 678. The maximum atomic E-state index is 12.4. The second-order valence-corrected chi connectivity index (χ2v) is 6.81. The predicted molar refractivity (Wildman–Crippen MR) is 105 cm³/mol. The van der Waals surface area contributed by atoms with Gasteiger partial charge < -0.3 is 28.9 Å². The second-order valence-electron chi connectivity index (χ2n) is 6.81. The number of morpholine rings is 1. The quantitative estimate of drug-likeness (QED) is 0.632. The first kappa shape index (κ1) is 22.5. The van der Waals surface area contributed by atoms with Crippen molar-refractivity contribution in [1.82, 2.24) is 14.7 Å². The third kappa shape index (κ3) is 6.94. The third-order valence-corrected chi connectivity index (χ3v) is 4.66. The molecule has 2 rings (SSSR count). The Hall–Kier alpha value is -2.81. The van der Waals surface area contributed by atoms with E-state index in [9.17, 15) is 14.4 Å². The summed E-state index contributed by atoms with van der Waals surface area (Å²) in [6, 6.07) is 9.15. The molecule has 0 N–H and O–H groups in total. The van der Waals surface area contributed by atoms with Gasteiger partial charge in [-0.15, -0.1) is 0 Å². The van der Waals surface area contributed by atoms with Gasteiger partial charge in [0.05, 0.1) is 20.3 Å². The molecule has 160 valence electrons. The van der Waals surface area contributed by atoms with Crippen LogP contribution in [0, 0.1) is 0 Å². The Labute approximate surface area is 171 Å². The second kappa shape index (κ2) is 11.3. The Kier molecular flexibility index (Phi) is 8.72. The third-order valence-electron chi connectivity index (χ3n) is 4.66.